The van der Waals surface area contributed by atoms with E-state index < -0.39 is 23.4 Å². The fraction of sp³-hybridized carbons (Fsp3) is 0.182. The van der Waals surface area contributed by atoms with Crippen LogP contribution in [0.25, 0.3) is 0 Å². The first-order chi connectivity index (χ1) is 8.59. The summed E-state index contributed by atoms with van der Waals surface area (Å²) in [5, 5.41) is 13.2. The van der Waals surface area contributed by atoms with Crippen molar-refractivity contribution < 1.29 is 9.90 Å². The van der Waals surface area contributed by atoms with Crippen molar-refractivity contribution in [1.82, 2.24) is 14.8 Å². The fourth-order valence-corrected chi connectivity index (χ4v) is 1.80. The molecule has 1 aromatic carbocycles. The maximum absolute atomic E-state index is 11.5. The van der Waals surface area contributed by atoms with Crippen LogP contribution in [-0.2, 0) is 4.79 Å². The van der Waals surface area contributed by atoms with Gasteiger partial charge in [-0.1, -0.05) is 30.3 Å². The van der Waals surface area contributed by atoms with Crippen LogP contribution < -0.4 is 11.4 Å². The lowest BCUT2D eigenvalue weighted by Crippen LogP contribution is -2.32. The third-order valence-corrected chi connectivity index (χ3v) is 2.58. The van der Waals surface area contributed by atoms with Crippen molar-refractivity contribution >= 4 is 5.97 Å². The number of rotatable bonds is 4. The quantitative estimate of drug-likeness (QED) is 0.704. The van der Waals surface area contributed by atoms with Crippen LogP contribution in [0.5, 0.6) is 0 Å². The number of hydrogen-bond acceptors (Lipinski definition) is 3. The second-order valence-corrected chi connectivity index (χ2v) is 3.75. The van der Waals surface area contributed by atoms with E-state index in [1.165, 1.54) is 0 Å². The molecule has 2 aromatic rings. The van der Waals surface area contributed by atoms with E-state index in [9.17, 15) is 14.4 Å². The molecule has 0 saturated heterocycles. The molecular weight excluding hydrogens is 238 g/mol. The third kappa shape index (κ3) is 2.24. The highest BCUT2D eigenvalue weighted by Gasteiger charge is 2.21. The lowest BCUT2D eigenvalue weighted by Gasteiger charge is -2.14. The summed E-state index contributed by atoms with van der Waals surface area (Å²) in [5.74, 6) is -1.09. The lowest BCUT2D eigenvalue weighted by molar-refractivity contribution is -0.137. The van der Waals surface area contributed by atoms with Gasteiger partial charge in [-0.2, -0.15) is 0 Å². The molecule has 0 fully saturated rings. The van der Waals surface area contributed by atoms with Gasteiger partial charge in [0.2, 0.25) is 0 Å². The average molecular weight is 249 g/mol. The molecule has 1 unspecified atom stereocenters. The number of hydrogen-bond donors (Lipinski definition) is 3. The summed E-state index contributed by atoms with van der Waals surface area (Å²) < 4.78 is 0.865. The predicted octanol–water partition coefficient (Wildman–Crippen LogP) is -0.0712. The monoisotopic (exact) mass is 249 g/mol. The maximum Gasteiger partial charge on any atom is 0.344 e. The summed E-state index contributed by atoms with van der Waals surface area (Å²) in [6, 6.07) is 7.72. The van der Waals surface area contributed by atoms with Crippen LogP contribution in [0.1, 0.15) is 18.0 Å². The van der Waals surface area contributed by atoms with Crippen LogP contribution in [0.2, 0.25) is 0 Å². The standard InChI is InChI=1S/C11H11N3O4/c15-9(16)6-8(7-4-2-1-3-5-7)14-10(17)12-13-11(14)18/h1-5,8H,6H2,(H,12,17)(H,13,18)(H,15,16). The van der Waals surface area contributed by atoms with Crippen molar-refractivity contribution in [3.05, 3.63) is 56.9 Å². The molecule has 0 aliphatic heterocycles. The number of H-pyrrole nitrogens is 2. The smallest absolute Gasteiger partial charge is 0.344 e. The van der Waals surface area contributed by atoms with Crippen LogP contribution in [0, 0.1) is 0 Å². The molecule has 0 spiro atoms. The summed E-state index contributed by atoms with van der Waals surface area (Å²) in [4.78, 5) is 33.9. The van der Waals surface area contributed by atoms with Crippen molar-refractivity contribution in [3.8, 4) is 0 Å². The Hall–Kier alpha value is -2.57. The molecule has 18 heavy (non-hydrogen) atoms. The van der Waals surface area contributed by atoms with E-state index >= 15 is 0 Å². The van der Waals surface area contributed by atoms with E-state index in [1.807, 2.05) is 0 Å². The Morgan fingerprint density at radius 3 is 2.22 bits per heavy atom. The number of carbonyl (C=O) groups is 1. The number of aliphatic carboxylic acids is 1. The molecule has 2 rings (SSSR count). The van der Waals surface area contributed by atoms with Crippen LogP contribution in [0.15, 0.2) is 39.9 Å². The van der Waals surface area contributed by atoms with Gasteiger partial charge in [0.05, 0.1) is 12.5 Å². The Morgan fingerprint density at radius 1 is 1.17 bits per heavy atom. The zero-order valence-corrected chi connectivity index (χ0v) is 9.29. The molecule has 1 heterocycles. The Bertz CT molecular complexity index is 625. The van der Waals surface area contributed by atoms with Gasteiger partial charge in [-0.25, -0.2) is 24.4 Å². The van der Waals surface area contributed by atoms with Crippen LogP contribution in [0.3, 0.4) is 0 Å². The van der Waals surface area contributed by atoms with Gasteiger partial charge in [-0.15, -0.1) is 0 Å². The Morgan fingerprint density at radius 2 is 1.72 bits per heavy atom. The van der Waals surface area contributed by atoms with Crippen molar-refractivity contribution in [1.29, 1.82) is 0 Å². The Labute approximate surface area is 101 Å². The predicted molar refractivity (Wildman–Crippen MR) is 62.5 cm³/mol. The first-order valence-corrected chi connectivity index (χ1v) is 5.25. The van der Waals surface area contributed by atoms with Gasteiger partial charge < -0.3 is 5.11 Å². The van der Waals surface area contributed by atoms with Gasteiger partial charge in [0.15, 0.2) is 0 Å². The van der Waals surface area contributed by atoms with Gasteiger partial charge in [0.1, 0.15) is 0 Å². The highest BCUT2D eigenvalue weighted by molar-refractivity contribution is 5.68. The van der Waals surface area contributed by atoms with Crippen molar-refractivity contribution in [3.63, 3.8) is 0 Å². The summed E-state index contributed by atoms with van der Waals surface area (Å²) in [5.41, 5.74) is -0.725. The highest BCUT2D eigenvalue weighted by atomic mass is 16.4. The van der Waals surface area contributed by atoms with E-state index in [0.29, 0.717) is 5.56 Å². The van der Waals surface area contributed by atoms with E-state index in [4.69, 9.17) is 5.11 Å². The molecule has 7 heteroatoms. The molecule has 0 aliphatic rings. The zero-order chi connectivity index (χ0) is 13.1. The second-order valence-electron chi connectivity index (χ2n) is 3.75. The van der Waals surface area contributed by atoms with Crippen LogP contribution in [-0.4, -0.2) is 25.8 Å². The second kappa shape index (κ2) is 4.74. The number of nitrogens with zero attached hydrogens (tertiary/aromatic N) is 1. The fourth-order valence-electron chi connectivity index (χ4n) is 1.80. The molecule has 0 bridgehead atoms. The van der Waals surface area contributed by atoms with Gasteiger partial charge in [0, 0.05) is 0 Å². The Balaban J connectivity index is 2.54. The van der Waals surface area contributed by atoms with Crippen LogP contribution >= 0.6 is 0 Å². The minimum absolute atomic E-state index is 0.342. The number of carboxylic acids is 1. The zero-order valence-electron chi connectivity index (χ0n) is 9.29. The van der Waals surface area contributed by atoms with Gasteiger partial charge in [0.25, 0.3) is 0 Å². The summed E-state index contributed by atoms with van der Waals surface area (Å²) in [6.45, 7) is 0. The molecule has 7 nitrogen and oxygen atoms in total. The summed E-state index contributed by atoms with van der Waals surface area (Å²) in [6.07, 6.45) is -0.342. The lowest BCUT2D eigenvalue weighted by atomic mass is 10.0. The molecule has 0 saturated carbocycles. The number of nitrogens with one attached hydrogen (secondary N) is 2. The van der Waals surface area contributed by atoms with E-state index in [2.05, 4.69) is 10.2 Å². The van der Waals surface area contributed by atoms with Gasteiger partial charge in [-0.3, -0.25) is 4.79 Å². The van der Waals surface area contributed by atoms with Crippen molar-refractivity contribution in [2.45, 2.75) is 12.5 Å². The number of aromatic nitrogens is 3. The van der Waals surface area contributed by atoms with E-state index in [-0.39, 0.29) is 6.42 Å². The molecule has 0 aliphatic carbocycles. The maximum atomic E-state index is 11.5. The van der Waals surface area contributed by atoms with E-state index in [0.717, 1.165) is 4.57 Å². The largest absolute Gasteiger partial charge is 0.481 e. The molecule has 0 radical (unpaired) electrons. The molecule has 3 N–H and O–H groups in total. The van der Waals surface area contributed by atoms with Crippen LogP contribution in [0.4, 0.5) is 0 Å². The average Bonchev–Trinajstić information content (AvgIpc) is 2.67. The van der Waals surface area contributed by atoms with Crippen molar-refractivity contribution in [2.75, 3.05) is 0 Å². The topological polar surface area (TPSA) is 108 Å². The summed E-state index contributed by atoms with van der Waals surface area (Å²) >= 11 is 0. The first kappa shape index (κ1) is 11.9. The van der Waals surface area contributed by atoms with Gasteiger partial charge >= 0.3 is 17.3 Å². The van der Waals surface area contributed by atoms with Crippen molar-refractivity contribution in [2.24, 2.45) is 0 Å². The normalized spacial score (nSPS) is 12.2. The van der Waals surface area contributed by atoms with Gasteiger partial charge in [-0.05, 0) is 5.56 Å². The number of benzene rings is 1. The van der Waals surface area contributed by atoms with E-state index in [1.54, 1.807) is 30.3 Å². The molecule has 1 atom stereocenters. The number of aromatic amines is 2. The molecule has 0 amide bonds. The highest BCUT2D eigenvalue weighted by Crippen LogP contribution is 2.18. The minimum Gasteiger partial charge on any atom is -0.481 e. The third-order valence-electron chi connectivity index (χ3n) is 2.58. The minimum atomic E-state index is -1.09. The SMILES string of the molecule is O=C(O)CC(c1ccccc1)n1c(=O)[nH][nH]c1=O. The molecule has 1 aromatic heterocycles. The molecular formula is C11H11N3O4. The number of carboxylic acid groups (broad SMARTS) is 1. The Kier molecular flexibility index (Phi) is 3.13. The molecule has 94 valence electrons. The summed E-state index contributed by atoms with van der Waals surface area (Å²) in [7, 11) is 0. The first-order valence-electron chi connectivity index (χ1n) is 5.25.